The lowest BCUT2D eigenvalue weighted by Gasteiger charge is -2.15. The first kappa shape index (κ1) is 12.5. The van der Waals surface area contributed by atoms with Crippen LogP contribution in [0.25, 0.3) is 0 Å². The molecule has 16 heavy (non-hydrogen) atoms. The number of nitrogens with two attached hydrogens (primary N) is 1. The van der Waals surface area contributed by atoms with Gasteiger partial charge in [-0.1, -0.05) is 32.0 Å². The number of carboxylic acids is 1. The van der Waals surface area contributed by atoms with Gasteiger partial charge in [0.1, 0.15) is 18.4 Å². The molecule has 0 aromatic heterocycles. The minimum atomic E-state index is -1.05. The molecule has 88 valence electrons. The minimum absolute atomic E-state index is 0.0148. The van der Waals surface area contributed by atoms with E-state index in [0.717, 1.165) is 5.56 Å². The summed E-state index contributed by atoms with van der Waals surface area (Å²) in [6.45, 7) is 4.09. The monoisotopic (exact) mass is 223 g/mol. The van der Waals surface area contributed by atoms with Crippen LogP contribution in [0.4, 0.5) is 0 Å². The molecule has 1 aromatic carbocycles. The number of hydrogen-bond acceptors (Lipinski definition) is 3. The predicted octanol–water partition coefficient (Wildman–Crippen LogP) is 1.60. The Morgan fingerprint density at radius 3 is 2.62 bits per heavy atom. The number of benzene rings is 1. The average molecular weight is 223 g/mol. The van der Waals surface area contributed by atoms with Crippen LogP contribution in [0.1, 0.15) is 25.3 Å². The van der Waals surface area contributed by atoms with E-state index in [0.29, 0.717) is 11.7 Å². The van der Waals surface area contributed by atoms with E-state index >= 15 is 0 Å². The highest BCUT2D eigenvalue weighted by Gasteiger charge is 2.13. The van der Waals surface area contributed by atoms with Crippen LogP contribution in [0.2, 0.25) is 0 Å². The van der Waals surface area contributed by atoms with Gasteiger partial charge in [0.2, 0.25) is 0 Å². The lowest BCUT2D eigenvalue weighted by molar-refractivity contribution is -0.139. The second kappa shape index (κ2) is 5.51. The standard InChI is InChI=1S/C12H17NO3/c1-8(2)9-5-3-4-6-11(9)16-7-10(13)12(14)15/h3-6,8,10H,7,13H2,1-2H3,(H,14,15)/t10-/m0/s1. The summed E-state index contributed by atoms with van der Waals surface area (Å²) in [5.41, 5.74) is 6.42. The van der Waals surface area contributed by atoms with Crippen LogP contribution < -0.4 is 10.5 Å². The minimum Gasteiger partial charge on any atom is -0.491 e. The van der Waals surface area contributed by atoms with Crippen molar-refractivity contribution in [2.75, 3.05) is 6.61 Å². The Balaban J connectivity index is 2.70. The van der Waals surface area contributed by atoms with Gasteiger partial charge in [0, 0.05) is 0 Å². The third-order valence-electron chi connectivity index (χ3n) is 2.28. The maximum Gasteiger partial charge on any atom is 0.324 e. The van der Waals surface area contributed by atoms with Gasteiger partial charge in [0.25, 0.3) is 0 Å². The molecule has 0 saturated carbocycles. The number of carbonyl (C=O) groups is 1. The van der Waals surface area contributed by atoms with Crippen molar-refractivity contribution in [2.24, 2.45) is 5.73 Å². The Hall–Kier alpha value is -1.55. The van der Waals surface area contributed by atoms with Gasteiger partial charge in [-0.25, -0.2) is 0 Å². The first-order valence-electron chi connectivity index (χ1n) is 5.22. The van der Waals surface area contributed by atoms with Crippen LogP contribution in [-0.2, 0) is 4.79 Å². The fourth-order valence-electron chi connectivity index (χ4n) is 1.34. The molecule has 0 unspecified atom stereocenters. The van der Waals surface area contributed by atoms with Gasteiger partial charge in [-0.05, 0) is 17.5 Å². The molecule has 1 atom stereocenters. The Labute approximate surface area is 95.0 Å². The van der Waals surface area contributed by atoms with Crippen LogP contribution in [0.15, 0.2) is 24.3 Å². The van der Waals surface area contributed by atoms with Crippen LogP contribution >= 0.6 is 0 Å². The molecule has 1 aromatic rings. The van der Waals surface area contributed by atoms with E-state index < -0.39 is 12.0 Å². The smallest absolute Gasteiger partial charge is 0.324 e. The van der Waals surface area contributed by atoms with Gasteiger partial charge in [-0.2, -0.15) is 0 Å². The first-order valence-corrected chi connectivity index (χ1v) is 5.22. The number of para-hydroxylation sites is 1. The van der Waals surface area contributed by atoms with Crippen molar-refractivity contribution >= 4 is 5.97 Å². The maximum absolute atomic E-state index is 10.5. The molecule has 0 aliphatic rings. The number of carboxylic acid groups (broad SMARTS) is 1. The highest BCUT2D eigenvalue weighted by molar-refractivity contribution is 5.73. The third kappa shape index (κ3) is 3.24. The summed E-state index contributed by atoms with van der Waals surface area (Å²) in [7, 11) is 0. The zero-order chi connectivity index (χ0) is 12.1. The molecule has 0 heterocycles. The highest BCUT2D eigenvalue weighted by Crippen LogP contribution is 2.25. The van der Waals surface area contributed by atoms with Crippen molar-refractivity contribution in [2.45, 2.75) is 25.8 Å². The summed E-state index contributed by atoms with van der Waals surface area (Å²) in [5, 5.41) is 8.63. The average Bonchev–Trinajstić information content (AvgIpc) is 2.25. The van der Waals surface area contributed by atoms with Gasteiger partial charge in [0.05, 0.1) is 0 Å². The number of ether oxygens (including phenoxy) is 1. The van der Waals surface area contributed by atoms with E-state index in [1.54, 1.807) is 0 Å². The number of hydrogen-bond donors (Lipinski definition) is 2. The highest BCUT2D eigenvalue weighted by atomic mass is 16.5. The summed E-state index contributed by atoms with van der Waals surface area (Å²) in [6, 6.07) is 6.59. The van der Waals surface area contributed by atoms with Crippen molar-refractivity contribution in [1.29, 1.82) is 0 Å². The number of aliphatic carboxylic acids is 1. The molecular formula is C12H17NO3. The van der Waals surface area contributed by atoms with Crippen molar-refractivity contribution in [1.82, 2.24) is 0 Å². The quantitative estimate of drug-likeness (QED) is 0.795. The lowest BCUT2D eigenvalue weighted by atomic mass is 10.0. The van der Waals surface area contributed by atoms with E-state index in [1.165, 1.54) is 0 Å². The molecule has 4 nitrogen and oxygen atoms in total. The van der Waals surface area contributed by atoms with E-state index in [9.17, 15) is 4.79 Å². The molecule has 0 amide bonds. The normalized spacial score (nSPS) is 12.5. The molecule has 3 N–H and O–H groups in total. The lowest BCUT2D eigenvalue weighted by Crippen LogP contribution is -2.36. The van der Waals surface area contributed by atoms with Crippen LogP contribution in [-0.4, -0.2) is 23.7 Å². The van der Waals surface area contributed by atoms with Gasteiger partial charge < -0.3 is 15.6 Å². The van der Waals surface area contributed by atoms with Gasteiger partial charge in [-0.3, -0.25) is 4.79 Å². The predicted molar refractivity (Wildman–Crippen MR) is 61.6 cm³/mol. The first-order chi connectivity index (χ1) is 7.52. The maximum atomic E-state index is 10.5. The zero-order valence-corrected chi connectivity index (χ0v) is 9.51. The molecular weight excluding hydrogens is 206 g/mol. The van der Waals surface area contributed by atoms with E-state index in [4.69, 9.17) is 15.6 Å². The molecule has 1 rings (SSSR count). The Kier molecular flexibility index (Phi) is 4.31. The molecule has 0 spiro atoms. The molecule has 0 aliphatic heterocycles. The molecule has 4 heteroatoms. The van der Waals surface area contributed by atoms with Gasteiger partial charge >= 0.3 is 5.97 Å². The Morgan fingerprint density at radius 1 is 1.44 bits per heavy atom. The summed E-state index contributed by atoms with van der Waals surface area (Å²) in [4.78, 5) is 10.5. The zero-order valence-electron chi connectivity index (χ0n) is 9.51. The van der Waals surface area contributed by atoms with Crippen molar-refractivity contribution in [3.8, 4) is 5.75 Å². The van der Waals surface area contributed by atoms with E-state index in [2.05, 4.69) is 13.8 Å². The second-order valence-electron chi connectivity index (χ2n) is 3.95. The summed E-state index contributed by atoms with van der Waals surface area (Å²) in [5.74, 6) is -0.0199. The molecule has 0 fully saturated rings. The molecule has 0 saturated heterocycles. The molecule has 0 radical (unpaired) electrons. The van der Waals surface area contributed by atoms with Gasteiger partial charge in [0.15, 0.2) is 0 Å². The van der Waals surface area contributed by atoms with Crippen molar-refractivity contribution in [3.63, 3.8) is 0 Å². The van der Waals surface area contributed by atoms with Crippen molar-refractivity contribution < 1.29 is 14.6 Å². The fourth-order valence-corrected chi connectivity index (χ4v) is 1.34. The van der Waals surface area contributed by atoms with E-state index in [-0.39, 0.29) is 6.61 Å². The summed E-state index contributed by atoms with van der Waals surface area (Å²) < 4.78 is 5.42. The second-order valence-corrected chi connectivity index (χ2v) is 3.95. The molecule has 0 aliphatic carbocycles. The van der Waals surface area contributed by atoms with E-state index in [1.807, 2.05) is 24.3 Å². The fraction of sp³-hybridized carbons (Fsp3) is 0.417. The SMILES string of the molecule is CC(C)c1ccccc1OC[C@H](N)C(=O)O. The van der Waals surface area contributed by atoms with Gasteiger partial charge in [-0.15, -0.1) is 0 Å². The Morgan fingerprint density at radius 2 is 2.06 bits per heavy atom. The van der Waals surface area contributed by atoms with Crippen LogP contribution in [0, 0.1) is 0 Å². The summed E-state index contributed by atoms with van der Waals surface area (Å²) >= 11 is 0. The largest absolute Gasteiger partial charge is 0.491 e. The third-order valence-corrected chi connectivity index (χ3v) is 2.28. The summed E-state index contributed by atoms with van der Waals surface area (Å²) in [6.07, 6.45) is 0. The topological polar surface area (TPSA) is 72.5 Å². The van der Waals surface area contributed by atoms with Crippen LogP contribution in [0.5, 0.6) is 5.75 Å². The Bertz CT molecular complexity index is 363. The molecule has 0 bridgehead atoms. The van der Waals surface area contributed by atoms with Crippen LogP contribution in [0.3, 0.4) is 0 Å². The van der Waals surface area contributed by atoms with Crippen molar-refractivity contribution in [3.05, 3.63) is 29.8 Å². The number of rotatable bonds is 5.